The molecule has 1 saturated heterocycles. The van der Waals surface area contributed by atoms with E-state index in [-0.39, 0.29) is 5.91 Å². The molecule has 2 N–H and O–H groups in total. The number of carbonyl (C=O) groups excluding carboxylic acids is 1. The number of aryl methyl sites for hydroxylation is 1. The number of aromatic nitrogens is 5. The normalized spacial score (nSPS) is 15.2. The number of para-hydroxylation sites is 1. The Morgan fingerprint density at radius 1 is 1.29 bits per heavy atom. The van der Waals surface area contributed by atoms with Gasteiger partial charge in [0.1, 0.15) is 5.82 Å². The lowest BCUT2D eigenvalue weighted by molar-refractivity contribution is 0.0359. The number of H-pyrrole nitrogens is 1. The lowest BCUT2D eigenvalue weighted by Gasteiger charge is -2.26. The van der Waals surface area contributed by atoms with Crippen LogP contribution in [0.2, 0.25) is 0 Å². The first-order chi connectivity index (χ1) is 13.7. The molecule has 0 atom stereocenters. The van der Waals surface area contributed by atoms with Crippen molar-refractivity contribution in [3.8, 4) is 0 Å². The van der Waals surface area contributed by atoms with E-state index < -0.39 is 0 Å². The van der Waals surface area contributed by atoms with E-state index in [0.29, 0.717) is 25.2 Å². The van der Waals surface area contributed by atoms with Gasteiger partial charge in [-0.25, -0.2) is 4.98 Å². The molecule has 1 amide bonds. The van der Waals surface area contributed by atoms with Gasteiger partial charge in [0.2, 0.25) is 0 Å². The van der Waals surface area contributed by atoms with Gasteiger partial charge in [-0.05, 0) is 18.6 Å². The molecule has 0 aliphatic carbocycles. The molecule has 9 heteroatoms. The van der Waals surface area contributed by atoms with Crippen molar-refractivity contribution in [2.75, 3.05) is 39.4 Å². The van der Waals surface area contributed by atoms with Crippen LogP contribution in [0.3, 0.4) is 0 Å². The number of morpholine rings is 1. The van der Waals surface area contributed by atoms with E-state index in [0.717, 1.165) is 55.3 Å². The zero-order valence-electron chi connectivity index (χ0n) is 16.0. The van der Waals surface area contributed by atoms with E-state index in [1.165, 1.54) is 0 Å². The number of rotatable bonds is 7. The number of ether oxygens (including phenoxy) is 1. The Bertz CT molecular complexity index is 943. The van der Waals surface area contributed by atoms with Crippen molar-refractivity contribution in [1.29, 1.82) is 0 Å². The number of nitrogens with zero attached hydrogens (tertiary/aromatic N) is 5. The molecule has 3 heterocycles. The second-order valence-corrected chi connectivity index (χ2v) is 6.98. The van der Waals surface area contributed by atoms with Gasteiger partial charge in [-0.3, -0.25) is 14.4 Å². The summed E-state index contributed by atoms with van der Waals surface area (Å²) in [6, 6.07) is 6.05. The molecule has 4 rings (SSSR count). The Kier molecular flexibility index (Phi) is 5.63. The number of fused-ring (bicyclic) bond motifs is 1. The second kappa shape index (κ2) is 8.49. The van der Waals surface area contributed by atoms with Crippen molar-refractivity contribution in [2.24, 2.45) is 0 Å². The third-order valence-electron chi connectivity index (χ3n) is 4.93. The highest BCUT2D eigenvalue weighted by Gasteiger charge is 2.13. The highest BCUT2D eigenvalue weighted by atomic mass is 16.5. The zero-order valence-corrected chi connectivity index (χ0v) is 16.0. The average molecular weight is 383 g/mol. The number of benzene rings is 1. The van der Waals surface area contributed by atoms with Crippen molar-refractivity contribution in [2.45, 2.75) is 19.9 Å². The zero-order chi connectivity index (χ0) is 19.3. The molecule has 9 nitrogen and oxygen atoms in total. The third-order valence-corrected chi connectivity index (χ3v) is 4.93. The molecule has 0 saturated carbocycles. The number of hydrogen-bond acceptors (Lipinski definition) is 6. The van der Waals surface area contributed by atoms with Gasteiger partial charge in [-0.1, -0.05) is 17.3 Å². The van der Waals surface area contributed by atoms with Crippen LogP contribution in [-0.2, 0) is 17.7 Å². The molecule has 0 unspecified atom stereocenters. The van der Waals surface area contributed by atoms with Crippen LogP contribution in [0.5, 0.6) is 0 Å². The molecule has 0 bridgehead atoms. The maximum atomic E-state index is 12.3. The summed E-state index contributed by atoms with van der Waals surface area (Å²) in [5.41, 5.74) is 3.47. The van der Waals surface area contributed by atoms with Crippen LogP contribution in [0.4, 0.5) is 0 Å². The number of amides is 1. The van der Waals surface area contributed by atoms with Crippen LogP contribution < -0.4 is 5.32 Å². The molecule has 1 aromatic carbocycles. The average Bonchev–Trinajstić information content (AvgIpc) is 3.35. The van der Waals surface area contributed by atoms with Crippen LogP contribution in [0, 0.1) is 6.92 Å². The molecule has 2 aromatic heterocycles. The standard InChI is InChI=1S/C19H25N7O2/c1-14-3-2-4-15-18(14)22-17(21-15)5-6-20-19(27)16-13-26(24-23-16)8-7-25-9-11-28-12-10-25/h2-4,13H,5-12H2,1H3,(H,20,27)(H,21,22). The Morgan fingerprint density at radius 2 is 2.14 bits per heavy atom. The van der Waals surface area contributed by atoms with Crippen LogP contribution in [-0.4, -0.2) is 75.2 Å². The lowest BCUT2D eigenvalue weighted by Crippen LogP contribution is -2.38. The van der Waals surface area contributed by atoms with Gasteiger partial charge in [-0.15, -0.1) is 5.10 Å². The summed E-state index contributed by atoms with van der Waals surface area (Å²) in [5.74, 6) is 0.642. The highest BCUT2D eigenvalue weighted by Crippen LogP contribution is 2.15. The minimum Gasteiger partial charge on any atom is -0.379 e. The van der Waals surface area contributed by atoms with Crippen LogP contribution in [0.25, 0.3) is 11.0 Å². The van der Waals surface area contributed by atoms with Gasteiger partial charge in [0, 0.05) is 32.6 Å². The summed E-state index contributed by atoms with van der Waals surface area (Å²) in [6.07, 6.45) is 2.32. The fourth-order valence-corrected chi connectivity index (χ4v) is 3.31. The summed E-state index contributed by atoms with van der Waals surface area (Å²) in [5, 5.41) is 10.9. The van der Waals surface area contributed by atoms with Crippen molar-refractivity contribution in [3.63, 3.8) is 0 Å². The summed E-state index contributed by atoms with van der Waals surface area (Å²) in [6.45, 7) is 7.52. The van der Waals surface area contributed by atoms with Gasteiger partial charge in [0.15, 0.2) is 5.69 Å². The maximum absolute atomic E-state index is 12.3. The van der Waals surface area contributed by atoms with Gasteiger partial charge in [0.25, 0.3) is 5.91 Å². The largest absolute Gasteiger partial charge is 0.379 e. The summed E-state index contributed by atoms with van der Waals surface area (Å²) < 4.78 is 7.06. The predicted molar refractivity (Wildman–Crippen MR) is 104 cm³/mol. The first-order valence-corrected chi connectivity index (χ1v) is 9.62. The Morgan fingerprint density at radius 3 is 2.96 bits per heavy atom. The van der Waals surface area contributed by atoms with E-state index in [1.807, 2.05) is 25.1 Å². The third kappa shape index (κ3) is 4.37. The quantitative estimate of drug-likeness (QED) is 0.625. The molecular weight excluding hydrogens is 358 g/mol. The van der Waals surface area contributed by atoms with E-state index in [1.54, 1.807) is 10.9 Å². The second-order valence-electron chi connectivity index (χ2n) is 6.98. The van der Waals surface area contributed by atoms with E-state index in [2.05, 4.69) is 30.5 Å². The summed E-state index contributed by atoms with van der Waals surface area (Å²) in [4.78, 5) is 22.5. The van der Waals surface area contributed by atoms with Crippen molar-refractivity contribution < 1.29 is 9.53 Å². The number of aromatic amines is 1. The number of hydrogen-bond donors (Lipinski definition) is 2. The number of carbonyl (C=O) groups is 1. The predicted octanol–water partition coefficient (Wildman–Crippen LogP) is 0.768. The minimum atomic E-state index is -0.218. The Hall–Kier alpha value is -2.78. The van der Waals surface area contributed by atoms with Crippen LogP contribution in [0.1, 0.15) is 21.9 Å². The summed E-state index contributed by atoms with van der Waals surface area (Å²) in [7, 11) is 0. The summed E-state index contributed by atoms with van der Waals surface area (Å²) >= 11 is 0. The Labute approximate surface area is 163 Å². The van der Waals surface area contributed by atoms with Gasteiger partial charge < -0.3 is 15.0 Å². The first kappa shape index (κ1) is 18.6. The fraction of sp³-hybridized carbons (Fsp3) is 0.474. The van der Waals surface area contributed by atoms with Crippen LogP contribution in [0.15, 0.2) is 24.4 Å². The monoisotopic (exact) mass is 383 g/mol. The lowest BCUT2D eigenvalue weighted by atomic mass is 10.2. The highest BCUT2D eigenvalue weighted by molar-refractivity contribution is 5.91. The van der Waals surface area contributed by atoms with E-state index in [9.17, 15) is 4.79 Å². The first-order valence-electron chi connectivity index (χ1n) is 9.62. The van der Waals surface area contributed by atoms with Gasteiger partial charge in [0.05, 0.1) is 37.0 Å². The van der Waals surface area contributed by atoms with Crippen LogP contribution >= 0.6 is 0 Å². The van der Waals surface area contributed by atoms with Crippen molar-refractivity contribution in [3.05, 3.63) is 41.5 Å². The molecule has 0 radical (unpaired) electrons. The molecule has 28 heavy (non-hydrogen) atoms. The number of nitrogens with one attached hydrogen (secondary N) is 2. The minimum absolute atomic E-state index is 0.218. The topological polar surface area (TPSA) is 101 Å². The SMILES string of the molecule is Cc1cccc2[nH]c(CCNC(=O)c3cn(CCN4CCOCC4)nn3)nc12. The van der Waals surface area contributed by atoms with Crippen molar-refractivity contribution in [1.82, 2.24) is 35.2 Å². The van der Waals surface area contributed by atoms with E-state index >= 15 is 0 Å². The molecule has 1 fully saturated rings. The molecule has 0 spiro atoms. The Balaban J connectivity index is 1.25. The molecule has 1 aliphatic heterocycles. The smallest absolute Gasteiger partial charge is 0.273 e. The molecule has 1 aliphatic rings. The van der Waals surface area contributed by atoms with Gasteiger partial charge >= 0.3 is 0 Å². The number of imidazole rings is 1. The molecule has 148 valence electrons. The maximum Gasteiger partial charge on any atom is 0.273 e. The molecule has 3 aromatic rings. The molecular formula is C19H25N7O2. The van der Waals surface area contributed by atoms with E-state index in [4.69, 9.17) is 4.74 Å². The van der Waals surface area contributed by atoms with Crippen molar-refractivity contribution >= 4 is 16.9 Å². The van der Waals surface area contributed by atoms with Gasteiger partial charge in [-0.2, -0.15) is 0 Å². The fourth-order valence-electron chi connectivity index (χ4n) is 3.31.